The maximum atomic E-state index is 13.2. The second kappa shape index (κ2) is 6.03. The van der Waals surface area contributed by atoms with Crippen LogP contribution in [0.1, 0.15) is 11.1 Å². The summed E-state index contributed by atoms with van der Waals surface area (Å²) >= 11 is 0. The summed E-state index contributed by atoms with van der Waals surface area (Å²) in [7, 11) is 0. The maximum absolute atomic E-state index is 13.2. The molecule has 2 nitrogen and oxygen atoms in total. The quantitative estimate of drug-likeness (QED) is 0.830. The van der Waals surface area contributed by atoms with E-state index in [1.165, 1.54) is 30.3 Å². The molecule has 112 valence electrons. The molecule has 0 aromatic heterocycles. The molecule has 1 N–H and O–H groups in total. The minimum atomic E-state index is -4.75. The zero-order chi connectivity index (χ0) is 15.5. The van der Waals surface area contributed by atoms with E-state index < -0.39 is 12.2 Å². The van der Waals surface area contributed by atoms with Crippen molar-refractivity contribution in [3.05, 3.63) is 59.4 Å². The largest absolute Gasteiger partial charge is 0.573 e. The molecular formula is C15H13F4NO. The van der Waals surface area contributed by atoms with E-state index in [1.807, 2.05) is 0 Å². The van der Waals surface area contributed by atoms with Crippen LogP contribution in [0.15, 0.2) is 42.5 Å². The summed E-state index contributed by atoms with van der Waals surface area (Å²) in [4.78, 5) is 0. The number of ether oxygens (including phenoxy) is 1. The zero-order valence-electron chi connectivity index (χ0n) is 11.2. The van der Waals surface area contributed by atoms with Crippen molar-refractivity contribution in [3.63, 3.8) is 0 Å². The first kappa shape index (κ1) is 15.2. The van der Waals surface area contributed by atoms with Gasteiger partial charge in [-0.05, 0) is 30.7 Å². The number of halogens is 4. The number of alkyl halides is 3. The van der Waals surface area contributed by atoms with Gasteiger partial charge < -0.3 is 10.1 Å². The third kappa shape index (κ3) is 4.37. The van der Waals surface area contributed by atoms with Gasteiger partial charge in [-0.3, -0.25) is 0 Å². The molecule has 0 saturated heterocycles. The van der Waals surface area contributed by atoms with E-state index in [2.05, 4.69) is 10.1 Å². The number of anilines is 1. The van der Waals surface area contributed by atoms with Crippen LogP contribution in [0.4, 0.5) is 23.2 Å². The Morgan fingerprint density at radius 1 is 1.10 bits per heavy atom. The number of rotatable bonds is 4. The Hall–Kier alpha value is -2.24. The lowest BCUT2D eigenvalue weighted by Crippen LogP contribution is -2.18. The molecular weight excluding hydrogens is 286 g/mol. The molecule has 0 aliphatic rings. The number of nitrogens with one attached hydrogen (secondary N) is 1. The second-order valence-electron chi connectivity index (χ2n) is 4.47. The highest BCUT2D eigenvalue weighted by atomic mass is 19.4. The van der Waals surface area contributed by atoms with Gasteiger partial charge in [0.25, 0.3) is 0 Å². The van der Waals surface area contributed by atoms with Crippen LogP contribution in [0.5, 0.6) is 5.75 Å². The van der Waals surface area contributed by atoms with Crippen LogP contribution >= 0.6 is 0 Å². The molecule has 0 aliphatic heterocycles. The summed E-state index contributed by atoms with van der Waals surface area (Å²) in [5.41, 5.74) is 1.65. The lowest BCUT2D eigenvalue weighted by atomic mass is 10.1. The van der Waals surface area contributed by atoms with Gasteiger partial charge in [0, 0.05) is 17.8 Å². The summed E-state index contributed by atoms with van der Waals surface area (Å²) in [5, 5.41) is 2.91. The minimum absolute atomic E-state index is 0.0938. The van der Waals surface area contributed by atoms with Crippen LogP contribution in [-0.2, 0) is 6.54 Å². The lowest BCUT2D eigenvalue weighted by Gasteiger charge is -2.15. The van der Waals surface area contributed by atoms with E-state index in [9.17, 15) is 17.6 Å². The van der Waals surface area contributed by atoms with Crippen molar-refractivity contribution in [1.29, 1.82) is 0 Å². The van der Waals surface area contributed by atoms with Crippen LogP contribution in [0.2, 0.25) is 0 Å². The van der Waals surface area contributed by atoms with Crippen LogP contribution in [0.3, 0.4) is 0 Å². The highest BCUT2D eigenvalue weighted by molar-refractivity contribution is 5.51. The smallest absolute Gasteiger partial charge is 0.405 e. The first-order valence-corrected chi connectivity index (χ1v) is 6.19. The monoisotopic (exact) mass is 299 g/mol. The van der Waals surface area contributed by atoms with Crippen molar-refractivity contribution in [3.8, 4) is 5.75 Å². The Bertz CT molecular complexity index is 625. The summed E-state index contributed by atoms with van der Waals surface area (Å²) in [5.74, 6) is -0.686. The Morgan fingerprint density at radius 2 is 1.81 bits per heavy atom. The van der Waals surface area contributed by atoms with Gasteiger partial charge >= 0.3 is 6.36 Å². The van der Waals surface area contributed by atoms with Gasteiger partial charge in [0.15, 0.2) is 0 Å². The first-order valence-electron chi connectivity index (χ1n) is 6.19. The average molecular weight is 299 g/mol. The van der Waals surface area contributed by atoms with E-state index in [0.717, 1.165) is 5.56 Å². The van der Waals surface area contributed by atoms with Crippen molar-refractivity contribution >= 4 is 5.69 Å². The summed E-state index contributed by atoms with van der Waals surface area (Å²) in [6.07, 6.45) is -4.75. The Morgan fingerprint density at radius 3 is 2.52 bits per heavy atom. The molecule has 0 amide bonds. The molecule has 21 heavy (non-hydrogen) atoms. The van der Waals surface area contributed by atoms with E-state index in [4.69, 9.17) is 0 Å². The molecule has 2 aromatic rings. The van der Waals surface area contributed by atoms with Crippen LogP contribution in [0.25, 0.3) is 0 Å². The van der Waals surface area contributed by atoms with Crippen LogP contribution in [-0.4, -0.2) is 6.36 Å². The molecule has 0 unspecified atom stereocenters. The summed E-state index contributed by atoms with van der Waals surface area (Å²) in [6, 6.07) is 10.0. The normalized spacial score (nSPS) is 11.3. The van der Waals surface area contributed by atoms with Gasteiger partial charge in [-0.1, -0.05) is 24.3 Å². The zero-order valence-corrected chi connectivity index (χ0v) is 11.2. The molecule has 0 aliphatic carbocycles. The molecule has 2 rings (SSSR count). The average Bonchev–Trinajstić information content (AvgIpc) is 2.39. The Balaban J connectivity index is 2.15. The number of hydrogen-bond acceptors (Lipinski definition) is 2. The molecule has 0 fully saturated rings. The van der Waals surface area contributed by atoms with Gasteiger partial charge in [-0.2, -0.15) is 0 Å². The van der Waals surface area contributed by atoms with Gasteiger partial charge in [0.2, 0.25) is 0 Å². The number of para-hydroxylation sites is 1. The van der Waals surface area contributed by atoms with Crippen molar-refractivity contribution in [2.24, 2.45) is 0 Å². The van der Waals surface area contributed by atoms with E-state index >= 15 is 0 Å². The highest BCUT2D eigenvalue weighted by Gasteiger charge is 2.31. The standard InChI is InChI=1S/C15H13F4NO/c1-10-6-7-12(16)8-13(10)20-9-11-4-2-3-5-14(11)21-15(17,18)19/h2-8,20H,9H2,1H3. The molecule has 0 atom stereocenters. The van der Waals surface area contributed by atoms with Crippen LogP contribution in [0, 0.1) is 12.7 Å². The van der Waals surface area contributed by atoms with E-state index in [0.29, 0.717) is 11.3 Å². The molecule has 0 radical (unpaired) electrons. The second-order valence-corrected chi connectivity index (χ2v) is 4.47. The van der Waals surface area contributed by atoms with E-state index in [1.54, 1.807) is 19.1 Å². The third-order valence-corrected chi connectivity index (χ3v) is 2.87. The molecule has 2 aromatic carbocycles. The van der Waals surface area contributed by atoms with Crippen molar-refractivity contribution < 1.29 is 22.3 Å². The maximum Gasteiger partial charge on any atom is 0.573 e. The van der Waals surface area contributed by atoms with Crippen molar-refractivity contribution in [1.82, 2.24) is 0 Å². The number of aryl methyl sites for hydroxylation is 1. The predicted molar refractivity (Wildman–Crippen MR) is 71.6 cm³/mol. The highest BCUT2D eigenvalue weighted by Crippen LogP contribution is 2.27. The van der Waals surface area contributed by atoms with Crippen molar-refractivity contribution in [2.75, 3.05) is 5.32 Å². The lowest BCUT2D eigenvalue weighted by molar-refractivity contribution is -0.274. The molecule has 0 spiro atoms. The van der Waals surface area contributed by atoms with Gasteiger partial charge in [-0.15, -0.1) is 13.2 Å². The number of benzene rings is 2. The third-order valence-electron chi connectivity index (χ3n) is 2.87. The molecule has 0 heterocycles. The predicted octanol–water partition coefficient (Wildman–Crippen LogP) is 4.64. The fraction of sp³-hybridized carbons (Fsp3) is 0.200. The SMILES string of the molecule is Cc1ccc(F)cc1NCc1ccccc1OC(F)(F)F. The fourth-order valence-corrected chi connectivity index (χ4v) is 1.85. The molecule has 0 saturated carbocycles. The first-order chi connectivity index (χ1) is 9.85. The van der Waals surface area contributed by atoms with Gasteiger partial charge in [0.1, 0.15) is 11.6 Å². The van der Waals surface area contributed by atoms with E-state index in [-0.39, 0.29) is 12.3 Å². The molecule has 0 bridgehead atoms. The Kier molecular flexibility index (Phi) is 4.35. The minimum Gasteiger partial charge on any atom is -0.405 e. The fourth-order valence-electron chi connectivity index (χ4n) is 1.85. The number of hydrogen-bond donors (Lipinski definition) is 1. The Labute approximate surface area is 119 Å². The topological polar surface area (TPSA) is 21.3 Å². The molecule has 6 heteroatoms. The van der Waals surface area contributed by atoms with Gasteiger partial charge in [0.05, 0.1) is 0 Å². The summed E-state index contributed by atoms with van der Waals surface area (Å²) < 4.78 is 54.1. The summed E-state index contributed by atoms with van der Waals surface area (Å²) in [6.45, 7) is 1.87. The van der Waals surface area contributed by atoms with Crippen LogP contribution < -0.4 is 10.1 Å². The van der Waals surface area contributed by atoms with Gasteiger partial charge in [-0.25, -0.2) is 4.39 Å². The van der Waals surface area contributed by atoms with Crippen molar-refractivity contribution in [2.45, 2.75) is 19.8 Å².